The van der Waals surface area contributed by atoms with Gasteiger partial charge >= 0.3 is 0 Å². The van der Waals surface area contributed by atoms with E-state index in [1.165, 1.54) is 0 Å². The standard InChI is InChI=1S/C21H20N2O2/c1-15-10-11-16(12-20(15)25-2)14-22-23-21(24)13-18-8-5-7-17-6-3-4-9-19(17)18/h3-12,14H,13H2,1-2H3,(H,23,24)/b22-14+. The van der Waals surface area contributed by atoms with E-state index in [4.69, 9.17) is 4.74 Å². The molecule has 4 nitrogen and oxygen atoms in total. The number of hydrogen-bond acceptors (Lipinski definition) is 3. The number of carbonyl (C=O) groups is 1. The molecule has 25 heavy (non-hydrogen) atoms. The van der Waals surface area contributed by atoms with Crippen LogP contribution in [0.3, 0.4) is 0 Å². The van der Waals surface area contributed by atoms with Gasteiger partial charge in [0.2, 0.25) is 5.91 Å². The Labute approximate surface area is 147 Å². The number of hydrogen-bond donors (Lipinski definition) is 1. The molecular weight excluding hydrogens is 312 g/mol. The first-order chi connectivity index (χ1) is 12.2. The fourth-order valence-corrected chi connectivity index (χ4v) is 2.75. The van der Waals surface area contributed by atoms with E-state index in [9.17, 15) is 4.79 Å². The normalized spacial score (nSPS) is 11.0. The Morgan fingerprint density at radius 1 is 1.12 bits per heavy atom. The Bertz CT molecular complexity index is 927. The molecular formula is C21H20N2O2. The average molecular weight is 332 g/mol. The number of fused-ring (bicyclic) bond motifs is 1. The van der Waals surface area contributed by atoms with E-state index in [2.05, 4.69) is 10.5 Å². The first-order valence-electron chi connectivity index (χ1n) is 8.10. The van der Waals surface area contributed by atoms with E-state index in [1.54, 1.807) is 13.3 Å². The van der Waals surface area contributed by atoms with Crippen LogP contribution < -0.4 is 10.2 Å². The van der Waals surface area contributed by atoms with Crippen LogP contribution in [-0.2, 0) is 11.2 Å². The molecule has 3 rings (SSSR count). The fraction of sp³-hybridized carbons (Fsp3) is 0.143. The van der Waals surface area contributed by atoms with Crippen LogP contribution in [0.4, 0.5) is 0 Å². The van der Waals surface area contributed by atoms with E-state index >= 15 is 0 Å². The summed E-state index contributed by atoms with van der Waals surface area (Å²) in [6.07, 6.45) is 1.90. The number of methoxy groups -OCH3 is 1. The van der Waals surface area contributed by atoms with Crippen molar-refractivity contribution in [3.63, 3.8) is 0 Å². The maximum atomic E-state index is 12.2. The highest BCUT2D eigenvalue weighted by atomic mass is 16.5. The number of aryl methyl sites for hydroxylation is 1. The van der Waals surface area contributed by atoms with Crippen molar-refractivity contribution in [2.24, 2.45) is 5.10 Å². The highest BCUT2D eigenvalue weighted by Gasteiger charge is 2.06. The highest BCUT2D eigenvalue weighted by molar-refractivity contribution is 5.90. The number of ether oxygens (including phenoxy) is 1. The minimum absolute atomic E-state index is 0.147. The Kier molecular flexibility index (Phi) is 5.09. The van der Waals surface area contributed by atoms with Crippen LogP contribution in [0.1, 0.15) is 16.7 Å². The van der Waals surface area contributed by atoms with E-state index in [1.807, 2.05) is 67.6 Å². The number of nitrogens with zero attached hydrogens (tertiary/aromatic N) is 1. The minimum Gasteiger partial charge on any atom is -0.496 e. The van der Waals surface area contributed by atoms with Gasteiger partial charge in [-0.15, -0.1) is 0 Å². The monoisotopic (exact) mass is 332 g/mol. The third kappa shape index (κ3) is 4.04. The molecule has 1 amide bonds. The summed E-state index contributed by atoms with van der Waals surface area (Å²) in [4.78, 5) is 12.2. The van der Waals surface area contributed by atoms with Crippen LogP contribution in [0.15, 0.2) is 65.8 Å². The third-order valence-corrected chi connectivity index (χ3v) is 4.07. The molecule has 126 valence electrons. The lowest BCUT2D eigenvalue weighted by atomic mass is 10.0. The van der Waals surface area contributed by atoms with Gasteiger partial charge < -0.3 is 4.74 Å². The Morgan fingerprint density at radius 2 is 1.92 bits per heavy atom. The van der Waals surface area contributed by atoms with E-state index in [-0.39, 0.29) is 12.3 Å². The molecule has 0 atom stereocenters. The molecule has 0 aromatic heterocycles. The third-order valence-electron chi connectivity index (χ3n) is 4.07. The fourth-order valence-electron chi connectivity index (χ4n) is 2.75. The van der Waals surface area contributed by atoms with Crippen LogP contribution >= 0.6 is 0 Å². The predicted octanol–water partition coefficient (Wildman–Crippen LogP) is 3.85. The van der Waals surface area contributed by atoms with Crippen LogP contribution in [0.25, 0.3) is 10.8 Å². The summed E-state index contributed by atoms with van der Waals surface area (Å²) in [6, 6.07) is 19.8. The molecule has 1 N–H and O–H groups in total. The van der Waals surface area contributed by atoms with Crippen molar-refractivity contribution in [3.8, 4) is 5.75 Å². The van der Waals surface area contributed by atoms with E-state index in [0.717, 1.165) is 33.2 Å². The molecule has 0 fully saturated rings. The molecule has 3 aromatic carbocycles. The molecule has 4 heteroatoms. The van der Waals surface area contributed by atoms with Gasteiger partial charge in [0.05, 0.1) is 19.7 Å². The van der Waals surface area contributed by atoms with Crippen LogP contribution in [0.5, 0.6) is 5.75 Å². The second kappa shape index (κ2) is 7.62. The number of amides is 1. The minimum atomic E-state index is -0.147. The molecule has 0 aliphatic rings. The van der Waals surface area contributed by atoms with Crippen molar-refractivity contribution in [1.29, 1.82) is 0 Å². The van der Waals surface area contributed by atoms with Crippen molar-refractivity contribution in [1.82, 2.24) is 5.43 Å². The summed E-state index contributed by atoms with van der Waals surface area (Å²) in [5.74, 6) is 0.651. The van der Waals surface area contributed by atoms with Gasteiger partial charge in [-0.3, -0.25) is 4.79 Å². The van der Waals surface area contributed by atoms with E-state index in [0.29, 0.717) is 0 Å². The number of nitrogens with one attached hydrogen (secondary N) is 1. The summed E-state index contributed by atoms with van der Waals surface area (Å²) in [5.41, 5.74) is 5.50. The zero-order valence-corrected chi connectivity index (χ0v) is 14.3. The van der Waals surface area contributed by atoms with Gasteiger partial charge in [-0.25, -0.2) is 5.43 Å². The van der Waals surface area contributed by atoms with Crippen molar-refractivity contribution in [2.45, 2.75) is 13.3 Å². The maximum Gasteiger partial charge on any atom is 0.244 e. The zero-order valence-electron chi connectivity index (χ0n) is 14.3. The van der Waals surface area contributed by atoms with Crippen molar-refractivity contribution < 1.29 is 9.53 Å². The van der Waals surface area contributed by atoms with Gasteiger partial charge in [-0.05, 0) is 40.5 Å². The average Bonchev–Trinajstić information content (AvgIpc) is 2.63. The molecule has 0 aliphatic carbocycles. The molecule has 0 spiro atoms. The predicted molar refractivity (Wildman–Crippen MR) is 101 cm³/mol. The van der Waals surface area contributed by atoms with Gasteiger partial charge in [0.1, 0.15) is 5.75 Å². The number of benzene rings is 3. The van der Waals surface area contributed by atoms with Crippen molar-refractivity contribution in [3.05, 3.63) is 77.4 Å². The summed E-state index contributed by atoms with van der Waals surface area (Å²) in [7, 11) is 1.63. The molecule has 0 aliphatic heterocycles. The highest BCUT2D eigenvalue weighted by Crippen LogP contribution is 2.19. The number of carbonyl (C=O) groups excluding carboxylic acids is 1. The lowest BCUT2D eigenvalue weighted by Gasteiger charge is -2.06. The zero-order chi connectivity index (χ0) is 17.6. The van der Waals surface area contributed by atoms with Gasteiger partial charge in [0.15, 0.2) is 0 Å². The van der Waals surface area contributed by atoms with Gasteiger partial charge in [0.25, 0.3) is 0 Å². The first-order valence-corrected chi connectivity index (χ1v) is 8.10. The summed E-state index contributed by atoms with van der Waals surface area (Å²) in [5, 5.41) is 6.26. The molecule has 3 aromatic rings. The van der Waals surface area contributed by atoms with Gasteiger partial charge in [0, 0.05) is 0 Å². The number of rotatable bonds is 5. The van der Waals surface area contributed by atoms with Gasteiger partial charge in [-0.1, -0.05) is 54.6 Å². The summed E-state index contributed by atoms with van der Waals surface area (Å²) in [6.45, 7) is 1.98. The van der Waals surface area contributed by atoms with Crippen LogP contribution in [-0.4, -0.2) is 19.2 Å². The molecule has 0 saturated carbocycles. The molecule has 0 radical (unpaired) electrons. The Balaban J connectivity index is 1.66. The van der Waals surface area contributed by atoms with Gasteiger partial charge in [-0.2, -0.15) is 5.10 Å². The van der Waals surface area contributed by atoms with Crippen molar-refractivity contribution >= 4 is 22.9 Å². The topological polar surface area (TPSA) is 50.7 Å². The lowest BCUT2D eigenvalue weighted by molar-refractivity contribution is -0.120. The largest absolute Gasteiger partial charge is 0.496 e. The number of hydrazone groups is 1. The van der Waals surface area contributed by atoms with E-state index < -0.39 is 0 Å². The SMILES string of the molecule is COc1cc(/C=N/NC(=O)Cc2cccc3ccccc23)ccc1C. The molecule has 0 unspecified atom stereocenters. The van der Waals surface area contributed by atoms with Crippen molar-refractivity contribution in [2.75, 3.05) is 7.11 Å². The Morgan fingerprint density at radius 3 is 2.76 bits per heavy atom. The molecule has 0 saturated heterocycles. The first kappa shape index (κ1) is 16.7. The Hall–Kier alpha value is -3.14. The lowest BCUT2D eigenvalue weighted by Crippen LogP contribution is -2.19. The molecule has 0 bridgehead atoms. The second-order valence-electron chi connectivity index (χ2n) is 5.84. The second-order valence-corrected chi connectivity index (χ2v) is 5.84. The summed E-state index contributed by atoms with van der Waals surface area (Å²) < 4.78 is 5.28. The summed E-state index contributed by atoms with van der Waals surface area (Å²) >= 11 is 0. The maximum absolute atomic E-state index is 12.2. The quantitative estimate of drug-likeness (QED) is 0.570. The van der Waals surface area contributed by atoms with Crippen LogP contribution in [0.2, 0.25) is 0 Å². The van der Waals surface area contributed by atoms with Crippen LogP contribution in [0, 0.1) is 6.92 Å². The molecule has 0 heterocycles. The smallest absolute Gasteiger partial charge is 0.244 e.